The molecule has 0 saturated carbocycles. The number of nitrogens with two attached hydrogens (primary N) is 1. The molecule has 0 radical (unpaired) electrons. The van der Waals surface area contributed by atoms with Crippen LogP contribution in [0.25, 0.3) is 0 Å². The Hall–Kier alpha value is -1.39. The van der Waals surface area contributed by atoms with Crippen LogP contribution in [0.1, 0.15) is 30.9 Å². The van der Waals surface area contributed by atoms with Crippen LogP contribution in [0.5, 0.6) is 0 Å². The first-order valence-electron chi connectivity index (χ1n) is 6.73. The normalized spacial score (nSPS) is 12.2. The lowest BCUT2D eigenvalue weighted by Gasteiger charge is -2.23. The minimum atomic E-state index is -0.513. The zero-order valence-corrected chi connectivity index (χ0v) is 11.8. The highest BCUT2D eigenvalue weighted by Crippen LogP contribution is 2.18. The van der Waals surface area contributed by atoms with Gasteiger partial charge >= 0.3 is 0 Å². The molecular weight excluding hydrogens is 240 g/mol. The monoisotopic (exact) mass is 264 g/mol. The predicted molar refractivity (Wildman–Crippen MR) is 76.7 cm³/mol. The summed E-state index contributed by atoms with van der Waals surface area (Å²) in [5.74, 6) is 0.00134. The number of benzene rings is 1. The maximum absolute atomic E-state index is 12.3. The van der Waals surface area contributed by atoms with Gasteiger partial charge in [0.2, 0.25) is 0 Å². The van der Waals surface area contributed by atoms with Crippen molar-refractivity contribution in [1.29, 1.82) is 0 Å². The van der Waals surface area contributed by atoms with Gasteiger partial charge in [-0.3, -0.25) is 4.79 Å². The van der Waals surface area contributed by atoms with Crippen LogP contribution in [-0.2, 0) is 9.53 Å². The third-order valence-corrected chi connectivity index (χ3v) is 3.14. The summed E-state index contributed by atoms with van der Waals surface area (Å²) < 4.78 is 5.34. The van der Waals surface area contributed by atoms with Crippen molar-refractivity contribution in [1.82, 2.24) is 4.90 Å². The van der Waals surface area contributed by atoms with Crippen LogP contribution in [-0.4, -0.2) is 38.1 Å². The van der Waals surface area contributed by atoms with Crippen molar-refractivity contribution in [2.45, 2.75) is 25.4 Å². The molecule has 0 aliphatic heterocycles. The number of carbonyl (C=O) groups excluding carboxylic acids is 1. The zero-order valence-electron chi connectivity index (χ0n) is 11.8. The fourth-order valence-electron chi connectivity index (χ4n) is 1.99. The van der Waals surface area contributed by atoms with Crippen LogP contribution in [0.2, 0.25) is 0 Å². The van der Waals surface area contributed by atoms with Gasteiger partial charge in [-0.15, -0.1) is 0 Å². The highest BCUT2D eigenvalue weighted by molar-refractivity contribution is 5.82. The second kappa shape index (κ2) is 8.67. The standard InChI is InChI=1S/C15H24N2O2/c1-17(12-8-4-7-11-16)15(18)14(19-2)13-9-5-3-6-10-13/h3,5-6,9-10,14H,4,7-8,11-12,16H2,1-2H3. The first-order chi connectivity index (χ1) is 9.20. The van der Waals surface area contributed by atoms with Gasteiger partial charge in [-0.25, -0.2) is 0 Å². The van der Waals surface area contributed by atoms with E-state index in [4.69, 9.17) is 10.5 Å². The van der Waals surface area contributed by atoms with Gasteiger partial charge in [0.25, 0.3) is 5.91 Å². The Bertz CT molecular complexity index is 368. The molecule has 19 heavy (non-hydrogen) atoms. The largest absolute Gasteiger partial charge is 0.367 e. The molecule has 1 aromatic carbocycles. The van der Waals surface area contributed by atoms with Crippen molar-refractivity contribution < 1.29 is 9.53 Å². The van der Waals surface area contributed by atoms with E-state index >= 15 is 0 Å². The van der Waals surface area contributed by atoms with Gasteiger partial charge in [0.1, 0.15) is 0 Å². The molecule has 0 aliphatic carbocycles. The fraction of sp³-hybridized carbons (Fsp3) is 0.533. The third-order valence-electron chi connectivity index (χ3n) is 3.14. The summed E-state index contributed by atoms with van der Waals surface area (Å²) in [5.41, 5.74) is 6.34. The summed E-state index contributed by atoms with van der Waals surface area (Å²) >= 11 is 0. The van der Waals surface area contributed by atoms with Crippen LogP contribution in [0, 0.1) is 0 Å². The molecule has 106 valence electrons. The van der Waals surface area contributed by atoms with Crippen molar-refractivity contribution >= 4 is 5.91 Å². The molecule has 1 atom stereocenters. The fourth-order valence-corrected chi connectivity index (χ4v) is 1.99. The first kappa shape index (κ1) is 15.7. The number of nitrogens with zero attached hydrogens (tertiary/aromatic N) is 1. The van der Waals surface area contributed by atoms with Crippen molar-refractivity contribution in [2.75, 3.05) is 27.2 Å². The maximum atomic E-state index is 12.3. The van der Waals surface area contributed by atoms with Gasteiger partial charge in [-0.05, 0) is 24.9 Å². The van der Waals surface area contributed by atoms with E-state index in [-0.39, 0.29) is 5.91 Å². The summed E-state index contributed by atoms with van der Waals surface area (Å²) in [6.07, 6.45) is 2.52. The van der Waals surface area contributed by atoms with Gasteiger partial charge in [0.15, 0.2) is 6.10 Å². The smallest absolute Gasteiger partial charge is 0.256 e. The Kier molecular flexibility index (Phi) is 7.15. The lowest BCUT2D eigenvalue weighted by atomic mass is 10.1. The molecule has 0 saturated heterocycles. The molecule has 4 nitrogen and oxygen atoms in total. The summed E-state index contributed by atoms with van der Waals surface area (Å²) in [6.45, 7) is 1.45. The minimum absolute atomic E-state index is 0.00134. The Morgan fingerprint density at radius 1 is 1.26 bits per heavy atom. The van der Waals surface area contributed by atoms with E-state index in [0.717, 1.165) is 31.4 Å². The lowest BCUT2D eigenvalue weighted by molar-refractivity contribution is -0.141. The number of methoxy groups -OCH3 is 1. The molecule has 1 aromatic rings. The third kappa shape index (κ3) is 5.01. The van der Waals surface area contributed by atoms with E-state index in [1.165, 1.54) is 0 Å². The average Bonchev–Trinajstić information content (AvgIpc) is 2.45. The van der Waals surface area contributed by atoms with Crippen LogP contribution >= 0.6 is 0 Å². The second-order valence-electron chi connectivity index (χ2n) is 4.64. The van der Waals surface area contributed by atoms with E-state index in [1.54, 1.807) is 12.0 Å². The summed E-state index contributed by atoms with van der Waals surface area (Å²) in [5, 5.41) is 0. The SMILES string of the molecule is COC(C(=O)N(C)CCCCCN)c1ccccc1. The second-order valence-corrected chi connectivity index (χ2v) is 4.64. The molecule has 1 unspecified atom stereocenters. The quantitative estimate of drug-likeness (QED) is 0.730. The first-order valence-corrected chi connectivity index (χ1v) is 6.73. The molecular formula is C15H24N2O2. The topological polar surface area (TPSA) is 55.6 Å². The lowest BCUT2D eigenvalue weighted by Crippen LogP contribution is -2.33. The molecule has 2 N–H and O–H groups in total. The van der Waals surface area contributed by atoms with E-state index in [9.17, 15) is 4.79 Å². The number of hydrogen-bond acceptors (Lipinski definition) is 3. The van der Waals surface area contributed by atoms with Crippen molar-refractivity contribution in [3.63, 3.8) is 0 Å². The van der Waals surface area contributed by atoms with Crippen molar-refractivity contribution in [3.05, 3.63) is 35.9 Å². The van der Waals surface area contributed by atoms with Crippen LogP contribution in [0.15, 0.2) is 30.3 Å². The van der Waals surface area contributed by atoms with Gasteiger partial charge in [0.05, 0.1) is 0 Å². The molecule has 1 amide bonds. The van der Waals surface area contributed by atoms with Crippen molar-refractivity contribution in [3.8, 4) is 0 Å². The number of ether oxygens (including phenoxy) is 1. The van der Waals surface area contributed by atoms with Gasteiger partial charge in [-0.1, -0.05) is 36.8 Å². The number of unbranched alkanes of at least 4 members (excludes halogenated alkanes) is 2. The molecule has 0 bridgehead atoms. The highest BCUT2D eigenvalue weighted by Gasteiger charge is 2.22. The Balaban J connectivity index is 2.54. The number of carbonyl (C=O) groups is 1. The molecule has 0 aromatic heterocycles. The Labute approximate surface area is 115 Å². The number of likely N-dealkylation sites (N-methyl/N-ethyl adjacent to an activating group) is 1. The predicted octanol–water partition coefficient (Wildman–Crippen LogP) is 1.96. The van der Waals surface area contributed by atoms with E-state index in [0.29, 0.717) is 6.54 Å². The molecule has 0 fully saturated rings. The molecule has 0 heterocycles. The molecule has 4 heteroatoms. The zero-order chi connectivity index (χ0) is 14.1. The van der Waals surface area contributed by atoms with Gasteiger partial charge in [0, 0.05) is 20.7 Å². The van der Waals surface area contributed by atoms with E-state index in [1.807, 2.05) is 37.4 Å². The van der Waals surface area contributed by atoms with Gasteiger partial charge in [-0.2, -0.15) is 0 Å². The molecule has 0 aliphatic rings. The summed E-state index contributed by atoms with van der Waals surface area (Å²) in [7, 11) is 3.39. The van der Waals surface area contributed by atoms with E-state index < -0.39 is 6.10 Å². The number of amides is 1. The number of hydrogen-bond donors (Lipinski definition) is 1. The summed E-state index contributed by atoms with van der Waals surface area (Å²) in [4.78, 5) is 14.0. The Morgan fingerprint density at radius 2 is 1.95 bits per heavy atom. The maximum Gasteiger partial charge on any atom is 0.256 e. The van der Waals surface area contributed by atoms with Gasteiger partial charge < -0.3 is 15.4 Å². The number of rotatable bonds is 8. The Morgan fingerprint density at radius 3 is 2.53 bits per heavy atom. The summed E-state index contributed by atoms with van der Waals surface area (Å²) in [6, 6.07) is 9.58. The molecule has 0 spiro atoms. The van der Waals surface area contributed by atoms with E-state index in [2.05, 4.69) is 0 Å². The van der Waals surface area contributed by atoms with Crippen LogP contribution in [0.3, 0.4) is 0 Å². The molecule has 1 rings (SSSR count). The average molecular weight is 264 g/mol. The minimum Gasteiger partial charge on any atom is -0.367 e. The van der Waals surface area contributed by atoms with Crippen molar-refractivity contribution in [2.24, 2.45) is 5.73 Å². The van der Waals surface area contributed by atoms with Crippen LogP contribution in [0.4, 0.5) is 0 Å². The highest BCUT2D eigenvalue weighted by atomic mass is 16.5. The van der Waals surface area contributed by atoms with Crippen LogP contribution < -0.4 is 5.73 Å².